The Balaban J connectivity index is 1.38. The van der Waals surface area contributed by atoms with Gasteiger partial charge in [-0.2, -0.15) is 0 Å². The summed E-state index contributed by atoms with van der Waals surface area (Å²) in [7, 11) is 0. The standard InChI is InChI=1S/C29H23Cl2N5O/c30-22-12-10-21(11-13-22)29(37)35-16-14-34(15-17-35)27-26-23(20-6-2-1-3-7-20)18-36(28(26)33-19-32-27)25-9-5-4-8-24(25)31/h1-13,18-19H,14-17H2. The monoisotopic (exact) mass is 527 g/mol. The molecule has 184 valence electrons. The molecule has 0 spiro atoms. The molecule has 2 aromatic heterocycles. The van der Waals surface area contributed by atoms with E-state index in [1.807, 2.05) is 51.9 Å². The van der Waals surface area contributed by atoms with Gasteiger partial charge >= 0.3 is 0 Å². The van der Waals surface area contributed by atoms with Gasteiger partial charge in [-0.05, 0) is 42.0 Å². The van der Waals surface area contributed by atoms with E-state index < -0.39 is 0 Å². The first kappa shape index (κ1) is 23.5. The summed E-state index contributed by atoms with van der Waals surface area (Å²) in [6, 6.07) is 25.0. The number of hydrogen-bond donors (Lipinski definition) is 0. The number of carbonyl (C=O) groups is 1. The van der Waals surface area contributed by atoms with Crippen LogP contribution >= 0.6 is 23.2 Å². The van der Waals surface area contributed by atoms with Crippen LogP contribution in [0.4, 0.5) is 5.82 Å². The van der Waals surface area contributed by atoms with Gasteiger partial charge in [-0.1, -0.05) is 65.7 Å². The smallest absolute Gasteiger partial charge is 0.253 e. The van der Waals surface area contributed by atoms with Crippen molar-refractivity contribution in [2.75, 3.05) is 31.1 Å². The van der Waals surface area contributed by atoms with Crippen molar-refractivity contribution in [3.63, 3.8) is 0 Å². The number of hydrogen-bond acceptors (Lipinski definition) is 4. The summed E-state index contributed by atoms with van der Waals surface area (Å²) in [4.78, 5) is 26.6. The van der Waals surface area contributed by atoms with Gasteiger partial charge in [-0.25, -0.2) is 9.97 Å². The van der Waals surface area contributed by atoms with E-state index in [0.29, 0.717) is 41.8 Å². The lowest BCUT2D eigenvalue weighted by molar-refractivity contribution is 0.0746. The Morgan fingerprint density at radius 3 is 2.22 bits per heavy atom. The third-order valence-electron chi connectivity index (χ3n) is 6.72. The minimum absolute atomic E-state index is 0.0130. The second-order valence-electron chi connectivity index (χ2n) is 8.91. The minimum Gasteiger partial charge on any atom is -0.352 e. The van der Waals surface area contributed by atoms with Crippen LogP contribution in [-0.4, -0.2) is 51.5 Å². The highest BCUT2D eigenvalue weighted by atomic mass is 35.5. The summed E-state index contributed by atoms with van der Waals surface area (Å²) < 4.78 is 2.03. The fourth-order valence-electron chi connectivity index (χ4n) is 4.85. The first-order valence-corrected chi connectivity index (χ1v) is 12.8. The summed E-state index contributed by atoms with van der Waals surface area (Å²) in [6.45, 7) is 2.52. The van der Waals surface area contributed by atoms with Crippen molar-refractivity contribution in [1.29, 1.82) is 0 Å². The topological polar surface area (TPSA) is 54.3 Å². The molecule has 0 saturated carbocycles. The van der Waals surface area contributed by atoms with E-state index in [-0.39, 0.29) is 5.91 Å². The number of carbonyl (C=O) groups excluding carboxylic acids is 1. The van der Waals surface area contributed by atoms with Crippen molar-refractivity contribution >= 4 is 46.0 Å². The first-order chi connectivity index (χ1) is 18.1. The molecule has 0 bridgehead atoms. The molecule has 3 aromatic carbocycles. The molecule has 0 aliphatic carbocycles. The number of amides is 1. The predicted octanol–water partition coefficient (Wildman–Crippen LogP) is 6.36. The lowest BCUT2D eigenvalue weighted by Gasteiger charge is -2.35. The van der Waals surface area contributed by atoms with Crippen molar-refractivity contribution in [2.24, 2.45) is 0 Å². The third kappa shape index (κ3) is 4.43. The molecule has 3 heterocycles. The number of piperazine rings is 1. The molecule has 6 rings (SSSR count). The van der Waals surface area contributed by atoms with Crippen molar-refractivity contribution in [1.82, 2.24) is 19.4 Å². The number of halogens is 2. The normalized spacial score (nSPS) is 13.8. The molecule has 0 atom stereocenters. The summed E-state index contributed by atoms with van der Waals surface area (Å²) in [5, 5.41) is 2.23. The van der Waals surface area contributed by atoms with Gasteiger partial charge in [0, 0.05) is 48.5 Å². The fourth-order valence-corrected chi connectivity index (χ4v) is 5.20. The highest BCUT2D eigenvalue weighted by molar-refractivity contribution is 6.32. The highest BCUT2D eigenvalue weighted by Gasteiger charge is 2.26. The van der Waals surface area contributed by atoms with E-state index in [0.717, 1.165) is 33.7 Å². The van der Waals surface area contributed by atoms with Crippen LogP contribution in [0.15, 0.2) is 91.4 Å². The van der Waals surface area contributed by atoms with Gasteiger partial charge in [0.2, 0.25) is 0 Å². The first-order valence-electron chi connectivity index (χ1n) is 12.1. The lowest BCUT2D eigenvalue weighted by atomic mass is 10.1. The molecular weight excluding hydrogens is 505 g/mol. The van der Waals surface area contributed by atoms with E-state index in [4.69, 9.17) is 28.2 Å². The van der Waals surface area contributed by atoms with Crippen LogP contribution in [0.25, 0.3) is 27.8 Å². The van der Waals surface area contributed by atoms with Gasteiger partial charge in [0.05, 0.1) is 16.1 Å². The van der Waals surface area contributed by atoms with Gasteiger partial charge in [0.15, 0.2) is 5.65 Å². The fraction of sp³-hybridized carbons (Fsp3) is 0.138. The average Bonchev–Trinajstić information content (AvgIpc) is 3.34. The Bertz CT molecular complexity index is 1580. The van der Waals surface area contributed by atoms with Crippen LogP contribution in [-0.2, 0) is 0 Å². The molecule has 6 nitrogen and oxygen atoms in total. The third-order valence-corrected chi connectivity index (χ3v) is 7.29. The van der Waals surface area contributed by atoms with E-state index >= 15 is 0 Å². The van der Waals surface area contributed by atoms with E-state index in [2.05, 4.69) is 28.2 Å². The van der Waals surface area contributed by atoms with Gasteiger partial charge < -0.3 is 9.80 Å². The molecular formula is C29H23Cl2N5O. The molecule has 0 radical (unpaired) electrons. The number of fused-ring (bicyclic) bond motifs is 1. The molecule has 1 aliphatic rings. The Morgan fingerprint density at radius 2 is 1.49 bits per heavy atom. The van der Waals surface area contributed by atoms with Crippen LogP contribution in [0, 0.1) is 0 Å². The molecule has 37 heavy (non-hydrogen) atoms. The number of aromatic nitrogens is 3. The Hall–Kier alpha value is -3.87. The van der Waals surface area contributed by atoms with Crippen LogP contribution < -0.4 is 4.90 Å². The Kier molecular flexibility index (Phi) is 6.28. The second kappa shape index (κ2) is 9.88. The summed E-state index contributed by atoms with van der Waals surface area (Å²) in [5.41, 5.74) is 4.40. The van der Waals surface area contributed by atoms with Crippen molar-refractivity contribution in [3.05, 3.63) is 107 Å². The van der Waals surface area contributed by atoms with Gasteiger partial charge in [0.1, 0.15) is 12.1 Å². The molecule has 1 amide bonds. The van der Waals surface area contributed by atoms with Crippen LogP contribution in [0.2, 0.25) is 10.0 Å². The highest BCUT2D eigenvalue weighted by Crippen LogP contribution is 2.38. The maximum absolute atomic E-state index is 13.0. The largest absolute Gasteiger partial charge is 0.352 e. The molecule has 1 fully saturated rings. The number of benzene rings is 3. The summed E-state index contributed by atoms with van der Waals surface area (Å²) >= 11 is 12.6. The molecule has 1 aliphatic heterocycles. The molecule has 8 heteroatoms. The Labute approximate surface area is 224 Å². The maximum Gasteiger partial charge on any atom is 0.253 e. The molecule has 5 aromatic rings. The minimum atomic E-state index is 0.0130. The zero-order valence-electron chi connectivity index (χ0n) is 19.9. The zero-order chi connectivity index (χ0) is 25.4. The van der Waals surface area contributed by atoms with Crippen molar-refractivity contribution < 1.29 is 4.79 Å². The Morgan fingerprint density at radius 1 is 0.784 bits per heavy atom. The molecule has 0 N–H and O–H groups in total. The van der Waals surface area contributed by atoms with Crippen molar-refractivity contribution in [2.45, 2.75) is 0 Å². The van der Waals surface area contributed by atoms with Gasteiger partial charge in [0.25, 0.3) is 5.91 Å². The number of nitrogens with zero attached hydrogens (tertiary/aromatic N) is 5. The van der Waals surface area contributed by atoms with Crippen molar-refractivity contribution in [3.8, 4) is 16.8 Å². The van der Waals surface area contributed by atoms with Crippen LogP contribution in [0.3, 0.4) is 0 Å². The van der Waals surface area contributed by atoms with Crippen LogP contribution in [0.5, 0.6) is 0 Å². The summed E-state index contributed by atoms with van der Waals surface area (Å²) in [6.07, 6.45) is 3.69. The molecule has 0 unspecified atom stereocenters. The van der Waals surface area contributed by atoms with E-state index in [1.165, 1.54) is 0 Å². The number of para-hydroxylation sites is 1. The summed E-state index contributed by atoms with van der Waals surface area (Å²) in [5.74, 6) is 0.868. The van der Waals surface area contributed by atoms with Gasteiger partial charge in [-0.15, -0.1) is 0 Å². The molecule has 1 saturated heterocycles. The predicted molar refractivity (Wildman–Crippen MR) is 149 cm³/mol. The maximum atomic E-state index is 13.0. The quantitative estimate of drug-likeness (QED) is 0.273. The zero-order valence-corrected chi connectivity index (χ0v) is 21.4. The average molecular weight is 528 g/mol. The van der Waals surface area contributed by atoms with E-state index in [9.17, 15) is 4.79 Å². The van der Waals surface area contributed by atoms with Gasteiger partial charge in [-0.3, -0.25) is 9.36 Å². The SMILES string of the molecule is O=C(c1ccc(Cl)cc1)N1CCN(c2ncnc3c2c(-c2ccccc2)cn3-c2ccccc2Cl)CC1. The second-order valence-corrected chi connectivity index (χ2v) is 9.76. The van der Waals surface area contributed by atoms with Crippen LogP contribution in [0.1, 0.15) is 10.4 Å². The lowest BCUT2D eigenvalue weighted by Crippen LogP contribution is -2.49. The number of rotatable bonds is 4. The number of anilines is 1. The van der Waals surface area contributed by atoms with E-state index in [1.54, 1.807) is 30.6 Å².